The number of carbonyl (C=O) groups is 2. The van der Waals surface area contributed by atoms with Crippen LogP contribution in [0, 0.1) is 19.7 Å². The predicted octanol–water partition coefficient (Wildman–Crippen LogP) is 3.53. The van der Waals surface area contributed by atoms with E-state index in [9.17, 15) is 14.0 Å². The van der Waals surface area contributed by atoms with Crippen LogP contribution in [0.15, 0.2) is 42.5 Å². The molecule has 4 nitrogen and oxygen atoms in total. The largest absolute Gasteiger partial charge is 0.478 e. The summed E-state index contributed by atoms with van der Waals surface area (Å²) in [6, 6.07) is 8.94. The number of rotatable bonds is 2. The van der Waals surface area contributed by atoms with Crippen LogP contribution < -0.4 is 4.90 Å². The molecule has 5 heteroatoms. The van der Waals surface area contributed by atoms with E-state index in [4.69, 9.17) is 5.11 Å². The molecule has 1 aliphatic heterocycles. The average molecular weight is 311 g/mol. The molecule has 0 unspecified atom stereocenters. The Morgan fingerprint density at radius 3 is 2.22 bits per heavy atom. The van der Waals surface area contributed by atoms with E-state index in [1.54, 1.807) is 12.1 Å². The molecule has 3 rings (SSSR count). The van der Waals surface area contributed by atoms with Crippen molar-refractivity contribution in [2.45, 2.75) is 13.8 Å². The van der Waals surface area contributed by atoms with Crippen molar-refractivity contribution < 1.29 is 19.1 Å². The zero-order valence-corrected chi connectivity index (χ0v) is 12.6. The Hall–Kier alpha value is -2.95. The number of carbonyl (C=O) groups excluding carboxylic acids is 1. The average Bonchev–Trinajstić information content (AvgIpc) is 2.73. The second kappa shape index (κ2) is 5.35. The third-order valence-electron chi connectivity index (χ3n) is 3.93. The molecule has 0 radical (unpaired) electrons. The number of fused-ring (bicyclic) bond motifs is 1. The highest BCUT2D eigenvalue weighted by Gasteiger charge is 2.34. The van der Waals surface area contributed by atoms with Gasteiger partial charge in [0.05, 0.1) is 5.70 Å². The molecule has 0 atom stereocenters. The molecule has 0 spiro atoms. The maximum absolute atomic E-state index is 13.1. The maximum atomic E-state index is 13.1. The molecule has 0 aliphatic carbocycles. The van der Waals surface area contributed by atoms with Crippen LogP contribution >= 0.6 is 0 Å². The van der Waals surface area contributed by atoms with E-state index in [1.165, 1.54) is 29.2 Å². The number of aryl methyl sites for hydroxylation is 2. The van der Waals surface area contributed by atoms with E-state index >= 15 is 0 Å². The van der Waals surface area contributed by atoms with Gasteiger partial charge in [-0.15, -0.1) is 0 Å². The van der Waals surface area contributed by atoms with Gasteiger partial charge in [0.25, 0.3) is 5.91 Å². The first-order chi connectivity index (χ1) is 10.9. The molecule has 2 aromatic rings. The number of hydrogen-bond acceptors (Lipinski definition) is 2. The number of anilines is 1. The van der Waals surface area contributed by atoms with E-state index in [0.717, 1.165) is 17.2 Å². The summed E-state index contributed by atoms with van der Waals surface area (Å²) in [5.74, 6) is -1.89. The van der Waals surface area contributed by atoms with Crippen LogP contribution in [-0.4, -0.2) is 17.0 Å². The van der Waals surface area contributed by atoms with Crippen LogP contribution in [-0.2, 0) is 4.79 Å². The zero-order chi connectivity index (χ0) is 16.7. The molecule has 0 bridgehead atoms. The summed E-state index contributed by atoms with van der Waals surface area (Å²) in [6.45, 7) is 3.79. The number of hydrogen-bond donors (Lipinski definition) is 1. The highest BCUT2D eigenvalue weighted by atomic mass is 19.1. The van der Waals surface area contributed by atoms with Crippen LogP contribution in [0.2, 0.25) is 0 Å². The minimum Gasteiger partial charge on any atom is -0.478 e. The van der Waals surface area contributed by atoms with Gasteiger partial charge in [0, 0.05) is 22.9 Å². The Kier molecular flexibility index (Phi) is 3.48. The Bertz CT molecular complexity index is 853. The summed E-state index contributed by atoms with van der Waals surface area (Å²) >= 11 is 0. The molecule has 0 saturated carbocycles. The standard InChI is InChI=1S/C18H14FNO3/c1-10-7-14-15(8-11(10)2)18(23)20(16(14)9-17(21)22)13-5-3-12(19)4-6-13/h3-9H,1-2H3,(H,21,22)/b16-9+. The first-order valence-electron chi connectivity index (χ1n) is 7.05. The van der Waals surface area contributed by atoms with Crippen LogP contribution in [0.3, 0.4) is 0 Å². The number of halogens is 1. The predicted molar refractivity (Wildman–Crippen MR) is 84.7 cm³/mol. The van der Waals surface area contributed by atoms with Gasteiger partial charge in [0.2, 0.25) is 0 Å². The normalized spacial score (nSPS) is 15.2. The third kappa shape index (κ3) is 2.50. The number of amides is 1. The SMILES string of the molecule is Cc1cc2c(cc1C)/C(=C\C(=O)O)N(c1ccc(F)cc1)C2=O. The quantitative estimate of drug-likeness (QED) is 0.863. The van der Waals surface area contributed by atoms with E-state index in [1.807, 2.05) is 13.8 Å². The van der Waals surface area contributed by atoms with Gasteiger partial charge >= 0.3 is 5.97 Å². The molecule has 0 aromatic heterocycles. The first kappa shape index (κ1) is 15.0. The third-order valence-corrected chi connectivity index (χ3v) is 3.93. The Labute approximate surface area is 132 Å². The summed E-state index contributed by atoms with van der Waals surface area (Å²) in [4.78, 5) is 25.2. The van der Waals surface area contributed by atoms with Crippen molar-refractivity contribution in [1.82, 2.24) is 0 Å². The highest BCUT2D eigenvalue weighted by Crippen LogP contribution is 2.38. The van der Waals surface area contributed by atoms with E-state index in [2.05, 4.69) is 0 Å². The monoisotopic (exact) mass is 311 g/mol. The van der Waals surface area contributed by atoms with Gasteiger partial charge in [-0.3, -0.25) is 9.69 Å². The van der Waals surface area contributed by atoms with Crippen molar-refractivity contribution in [3.05, 3.63) is 70.5 Å². The van der Waals surface area contributed by atoms with E-state index < -0.39 is 11.8 Å². The van der Waals surface area contributed by atoms with Gasteiger partial charge in [-0.1, -0.05) is 0 Å². The smallest absolute Gasteiger partial charge is 0.330 e. The van der Waals surface area contributed by atoms with Gasteiger partial charge < -0.3 is 5.11 Å². The lowest BCUT2D eigenvalue weighted by Gasteiger charge is -2.18. The van der Waals surface area contributed by atoms with Crippen molar-refractivity contribution in [1.29, 1.82) is 0 Å². The van der Waals surface area contributed by atoms with Crippen molar-refractivity contribution in [2.24, 2.45) is 0 Å². The molecule has 1 amide bonds. The summed E-state index contributed by atoms with van der Waals surface area (Å²) < 4.78 is 13.1. The molecular formula is C18H14FNO3. The Morgan fingerprint density at radius 2 is 1.65 bits per heavy atom. The zero-order valence-electron chi connectivity index (χ0n) is 12.6. The lowest BCUT2D eigenvalue weighted by molar-refractivity contribution is -0.131. The fourth-order valence-corrected chi connectivity index (χ4v) is 2.66. The van der Waals surface area contributed by atoms with Gasteiger partial charge in [0.1, 0.15) is 5.82 Å². The highest BCUT2D eigenvalue weighted by molar-refractivity contribution is 6.24. The Morgan fingerprint density at radius 1 is 1.09 bits per heavy atom. The lowest BCUT2D eigenvalue weighted by Crippen LogP contribution is -2.22. The number of nitrogens with zero attached hydrogens (tertiary/aromatic N) is 1. The molecule has 2 aromatic carbocycles. The second-order valence-electron chi connectivity index (χ2n) is 5.47. The molecule has 0 fully saturated rings. The summed E-state index contributed by atoms with van der Waals surface area (Å²) in [6.07, 6.45) is 1.00. The molecule has 1 aliphatic rings. The van der Waals surface area contributed by atoms with Crippen LogP contribution in [0.1, 0.15) is 27.0 Å². The number of carboxylic acids is 1. The first-order valence-corrected chi connectivity index (χ1v) is 7.05. The minimum atomic E-state index is -1.15. The van der Waals surface area contributed by atoms with Crippen LogP contribution in [0.4, 0.5) is 10.1 Å². The van der Waals surface area contributed by atoms with Gasteiger partial charge in [0.15, 0.2) is 0 Å². The molecule has 0 saturated heterocycles. The lowest BCUT2D eigenvalue weighted by atomic mass is 10.0. The van der Waals surface area contributed by atoms with Crippen molar-refractivity contribution >= 4 is 23.3 Å². The van der Waals surface area contributed by atoms with E-state index in [0.29, 0.717) is 16.8 Å². The topological polar surface area (TPSA) is 57.6 Å². The number of carboxylic acid groups (broad SMARTS) is 1. The molecule has 23 heavy (non-hydrogen) atoms. The van der Waals surface area contributed by atoms with Crippen LogP contribution in [0.5, 0.6) is 0 Å². The second-order valence-corrected chi connectivity index (χ2v) is 5.47. The fourth-order valence-electron chi connectivity index (χ4n) is 2.66. The molecular weight excluding hydrogens is 297 g/mol. The Balaban J connectivity index is 2.22. The van der Waals surface area contributed by atoms with Gasteiger partial charge in [-0.2, -0.15) is 0 Å². The summed E-state index contributed by atoms with van der Waals surface area (Å²) in [5, 5.41) is 9.14. The van der Waals surface area contributed by atoms with Crippen molar-refractivity contribution in [3.8, 4) is 0 Å². The van der Waals surface area contributed by atoms with Gasteiger partial charge in [-0.05, 0) is 61.4 Å². The minimum absolute atomic E-state index is 0.284. The van der Waals surface area contributed by atoms with E-state index in [-0.39, 0.29) is 11.6 Å². The fraction of sp³-hybridized carbons (Fsp3) is 0.111. The molecule has 1 N–H and O–H groups in total. The van der Waals surface area contributed by atoms with Crippen molar-refractivity contribution in [3.63, 3.8) is 0 Å². The maximum Gasteiger partial charge on any atom is 0.330 e. The van der Waals surface area contributed by atoms with Crippen LogP contribution in [0.25, 0.3) is 5.70 Å². The van der Waals surface area contributed by atoms with Gasteiger partial charge in [-0.25, -0.2) is 9.18 Å². The summed E-state index contributed by atoms with van der Waals surface area (Å²) in [7, 11) is 0. The summed E-state index contributed by atoms with van der Waals surface area (Å²) in [5.41, 5.74) is 3.65. The number of aliphatic carboxylic acids is 1. The van der Waals surface area contributed by atoms with Crippen molar-refractivity contribution in [2.75, 3.05) is 4.90 Å². The number of benzene rings is 2. The molecule has 116 valence electrons. The molecule has 1 heterocycles.